The number of benzene rings is 2. The number of pyridine rings is 1. The average Bonchev–Trinajstić information content (AvgIpc) is 3.50. The summed E-state index contributed by atoms with van der Waals surface area (Å²) in [4.78, 5) is 18.5. The van der Waals surface area contributed by atoms with Gasteiger partial charge in [0.15, 0.2) is 5.11 Å². The van der Waals surface area contributed by atoms with E-state index in [4.69, 9.17) is 17.0 Å². The summed E-state index contributed by atoms with van der Waals surface area (Å²) in [7, 11) is 1.47. The highest BCUT2D eigenvalue weighted by molar-refractivity contribution is 7.80. The highest BCUT2D eigenvalue weighted by Crippen LogP contribution is 2.42. The molecule has 2 atom stereocenters. The molecule has 0 aliphatic carbocycles. The van der Waals surface area contributed by atoms with Crippen LogP contribution in [-0.4, -0.2) is 34.3 Å². The average molecular weight is 502 g/mol. The Balaban J connectivity index is 1.57. The van der Waals surface area contributed by atoms with Gasteiger partial charge in [-0.2, -0.15) is 0 Å². The van der Waals surface area contributed by atoms with Gasteiger partial charge in [-0.1, -0.05) is 18.2 Å². The number of rotatable bonds is 7. The van der Waals surface area contributed by atoms with Gasteiger partial charge in [0.25, 0.3) is 0 Å². The molecule has 1 aliphatic heterocycles. The van der Waals surface area contributed by atoms with Crippen LogP contribution in [0.4, 0.5) is 15.8 Å². The summed E-state index contributed by atoms with van der Waals surface area (Å²) >= 11 is 5.79. The summed E-state index contributed by atoms with van der Waals surface area (Å²) in [6, 6.07) is 23.1. The number of ether oxygens (including phenoxy) is 1. The fraction of sp³-hybridized carbons (Fsp3) is 0.148. The normalized spacial score (nSPS) is 17.2. The molecule has 36 heavy (non-hydrogen) atoms. The van der Waals surface area contributed by atoms with Crippen molar-refractivity contribution in [3.05, 3.63) is 108 Å². The molecule has 1 fully saturated rings. The Kier molecular flexibility index (Phi) is 6.75. The Hall–Kier alpha value is -4.08. The van der Waals surface area contributed by atoms with Gasteiger partial charge in [0.2, 0.25) is 5.91 Å². The lowest BCUT2D eigenvalue weighted by Crippen LogP contribution is -2.30. The summed E-state index contributed by atoms with van der Waals surface area (Å²) in [6.07, 6.45) is 3.59. The van der Waals surface area contributed by atoms with E-state index in [2.05, 4.69) is 15.6 Å². The molecule has 0 spiro atoms. The van der Waals surface area contributed by atoms with Crippen LogP contribution in [0.3, 0.4) is 0 Å². The molecule has 5 rings (SSSR count). The number of thiocarbonyl (C=S) groups is 1. The van der Waals surface area contributed by atoms with Crippen molar-refractivity contribution in [2.45, 2.75) is 12.1 Å². The van der Waals surface area contributed by atoms with E-state index >= 15 is 0 Å². The van der Waals surface area contributed by atoms with Gasteiger partial charge in [0, 0.05) is 36.6 Å². The molecule has 2 aromatic heterocycles. The van der Waals surface area contributed by atoms with Crippen molar-refractivity contribution in [2.24, 2.45) is 0 Å². The summed E-state index contributed by atoms with van der Waals surface area (Å²) in [6.45, 7) is -0.0251. The molecule has 4 aromatic rings. The van der Waals surface area contributed by atoms with Gasteiger partial charge in [-0.05, 0) is 72.9 Å². The third kappa shape index (κ3) is 4.58. The van der Waals surface area contributed by atoms with E-state index in [-0.39, 0.29) is 30.4 Å². The van der Waals surface area contributed by atoms with Crippen LogP contribution in [0.2, 0.25) is 0 Å². The van der Waals surface area contributed by atoms with Crippen LogP contribution in [0.15, 0.2) is 91.3 Å². The standard InChI is InChI=1S/C27H24FN5O2S/c1-35-17-24(34)30-18-11-13-19(14-12-18)33-26(25(31-27(33)36)21-8-4-5-15-29-21)23-10-6-16-32(23)22-9-3-2-7-20(22)28/h2-16,25-26H,17H2,1H3,(H,30,34)(H,31,36)/t25-,26+/m0/s1. The first-order valence-corrected chi connectivity index (χ1v) is 11.8. The summed E-state index contributed by atoms with van der Waals surface area (Å²) in [5, 5.41) is 6.73. The van der Waals surface area contributed by atoms with E-state index in [1.54, 1.807) is 18.3 Å². The second kappa shape index (κ2) is 10.3. The van der Waals surface area contributed by atoms with Crippen molar-refractivity contribution < 1.29 is 13.9 Å². The number of anilines is 2. The molecule has 2 N–H and O–H groups in total. The quantitative estimate of drug-likeness (QED) is 0.356. The first-order chi connectivity index (χ1) is 17.6. The highest BCUT2D eigenvalue weighted by atomic mass is 32.1. The number of carbonyl (C=O) groups excluding carboxylic acids is 1. The fourth-order valence-corrected chi connectivity index (χ4v) is 4.81. The van der Waals surface area contributed by atoms with Crippen molar-refractivity contribution >= 4 is 34.6 Å². The van der Waals surface area contributed by atoms with Crippen LogP contribution >= 0.6 is 12.2 Å². The SMILES string of the molecule is COCC(=O)Nc1ccc(N2C(=S)N[C@@H](c3ccccn3)[C@H]2c2cccn2-c2ccccc2F)cc1. The maximum Gasteiger partial charge on any atom is 0.250 e. The van der Waals surface area contributed by atoms with Crippen LogP contribution in [0.25, 0.3) is 5.69 Å². The molecule has 2 aromatic carbocycles. The second-order valence-corrected chi connectivity index (χ2v) is 8.67. The maximum absolute atomic E-state index is 14.8. The summed E-state index contributed by atoms with van der Waals surface area (Å²) in [5.41, 5.74) is 3.58. The Bertz CT molecular complexity index is 1380. The number of halogens is 1. The van der Waals surface area contributed by atoms with Crippen LogP contribution in [0, 0.1) is 5.82 Å². The van der Waals surface area contributed by atoms with E-state index in [1.165, 1.54) is 13.2 Å². The number of aromatic nitrogens is 2. The number of hydrogen-bond acceptors (Lipinski definition) is 4. The maximum atomic E-state index is 14.8. The minimum absolute atomic E-state index is 0.0251. The summed E-state index contributed by atoms with van der Waals surface area (Å²) in [5.74, 6) is -0.556. The minimum atomic E-state index is -0.323. The monoisotopic (exact) mass is 501 g/mol. The van der Waals surface area contributed by atoms with Crippen molar-refractivity contribution in [3.63, 3.8) is 0 Å². The van der Waals surface area contributed by atoms with Crippen LogP contribution in [0.1, 0.15) is 23.5 Å². The fourth-order valence-electron chi connectivity index (χ4n) is 4.47. The molecule has 182 valence electrons. The van der Waals surface area contributed by atoms with E-state index in [9.17, 15) is 9.18 Å². The van der Waals surface area contributed by atoms with Gasteiger partial charge >= 0.3 is 0 Å². The molecule has 9 heteroatoms. The molecule has 3 heterocycles. The lowest BCUT2D eigenvalue weighted by molar-refractivity contribution is -0.119. The largest absolute Gasteiger partial charge is 0.375 e. The third-order valence-corrected chi connectivity index (χ3v) is 6.31. The van der Waals surface area contributed by atoms with Crippen molar-refractivity contribution in [1.82, 2.24) is 14.9 Å². The number of methoxy groups -OCH3 is 1. The van der Waals surface area contributed by atoms with E-state index in [1.807, 2.05) is 76.3 Å². The zero-order chi connectivity index (χ0) is 25.1. The Morgan fingerprint density at radius 2 is 1.86 bits per heavy atom. The molecular formula is C27H24FN5O2S. The van der Waals surface area contributed by atoms with E-state index < -0.39 is 0 Å². The number of para-hydroxylation sites is 1. The van der Waals surface area contributed by atoms with Gasteiger partial charge in [0.1, 0.15) is 18.5 Å². The molecule has 1 amide bonds. The van der Waals surface area contributed by atoms with E-state index in [0.717, 1.165) is 17.1 Å². The Morgan fingerprint density at radius 3 is 2.58 bits per heavy atom. The minimum Gasteiger partial charge on any atom is -0.375 e. The molecule has 1 aliphatic rings. The van der Waals surface area contributed by atoms with Crippen molar-refractivity contribution in [1.29, 1.82) is 0 Å². The van der Waals surface area contributed by atoms with Gasteiger partial charge in [-0.25, -0.2) is 4.39 Å². The highest BCUT2D eigenvalue weighted by Gasteiger charge is 2.42. The lowest BCUT2D eigenvalue weighted by Gasteiger charge is -2.29. The van der Waals surface area contributed by atoms with E-state index in [0.29, 0.717) is 16.5 Å². The Labute approximate surface area is 213 Å². The number of carbonyl (C=O) groups is 1. The predicted molar refractivity (Wildman–Crippen MR) is 141 cm³/mol. The van der Waals surface area contributed by atoms with Crippen LogP contribution in [0.5, 0.6) is 0 Å². The number of nitrogens with one attached hydrogen (secondary N) is 2. The third-order valence-electron chi connectivity index (χ3n) is 6.00. The van der Waals surface area contributed by atoms with Gasteiger partial charge in [-0.15, -0.1) is 0 Å². The van der Waals surface area contributed by atoms with Crippen LogP contribution < -0.4 is 15.5 Å². The number of nitrogens with zero attached hydrogens (tertiary/aromatic N) is 3. The van der Waals surface area contributed by atoms with Gasteiger partial charge in [-0.3, -0.25) is 9.78 Å². The molecule has 0 radical (unpaired) electrons. The molecule has 7 nitrogen and oxygen atoms in total. The van der Waals surface area contributed by atoms with Gasteiger partial charge < -0.3 is 24.8 Å². The zero-order valence-electron chi connectivity index (χ0n) is 19.5. The molecule has 1 saturated heterocycles. The van der Waals surface area contributed by atoms with Crippen molar-refractivity contribution in [2.75, 3.05) is 23.9 Å². The van der Waals surface area contributed by atoms with Gasteiger partial charge in [0.05, 0.1) is 17.4 Å². The lowest BCUT2D eigenvalue weighted by atomic mass is 10.0. The first kappa shape index (κ1) is 23.7. The smallest absolute Gasteiger partial charge is 0.250 e. The zero-order valence-corrected chi connectivity index (χ0v) is 20.3. The second-order valence-electron chi connectivity index (χ2n) is 8.28. The predicted octanol–water partition coefficient (Wildman–Crippen LogP) is 4.77. The molecule has 0 saturated carbocycles. The molecule has 0 bridgehead atoms. The molecule has 0 unspecified atom stereocenters. The topological polar surface area (TPSA) is 71.4 Å². The van der Waals surface area contributed by atoms with Crippen LogP contribution in [-0.2, 0) is 9.53 Å². The number of amides is 1. The Morgan fingerprint density at radius 1 is 1.08 bits per heavy atom. The molecular weight excluding hydrogens is 477 g/mol. The summed E-state index contributed by atoms with van der Waals surface area (Å²) < 4.78 is 21.5. The number of hydrogen-bond donors (Lipinski definition) is 2. The first-order valence-electron chi connectivity index (χ1n) is 11.4. The van der Waals surface area contributed by atoms with Crippen molar-refractivity contribution in [3.8, 4) is 5.69 Å².